The quantitative estimate of drug-likeness (QED) is 0.618. The van der Waals surface area contributed by atoms with Crippen LogP contribution in [0.5, 0.6) is 0 Å². The van der Waals surface area contributed by atoms with E-state index in [1.807, 2.05) is 19.1 Å². The Kier molecular flexibility index (Phi) is 3.25. The molecule has 0 N–H and O–H groups in total. The molecule has 4 heteroatoms. The maximum atomic E-state index is 11.2. The van der Waals surface area contributed by atoms with Gasteiger partial charge in [-0.05, 0) is 26.0 Å². The van der Waals surface area contributed by atoms with E-state index in [4.69, 9.17) is 4.74 Å². The Balaban J connectivity index is 2.70. The maximum absolute atomic E-state index is 11.2. The number of carbonyl (C=O) groups is 1. The third-order valence-electron chi connectivity index (χ3n) is 1.40. The number of ether oxygens (including phenoxy) is 1. The van der Waals surface area contributed by atoms with E-state index in [-0.39, 0.29) is 0 Å². The summed E-state index contributed by atoms with van der Waals surface area (Å²) < 4.78 is 4.79. The van der Waals surface area contributed by atoms with Crippen molar-refractivity contribution < 1.29 is 9.53 Å². The van der Waals surface area contributed by atoms with Crippen molar-refractivity contribution in [3.63, 3.8) is 0 Å². The minimum atomic E-state index is -0.457. The Labute approximate surface area is 77.2 Å². The predicted molar refractivity (Wildman–Crippen MR) is 50.3 cm³/mol. The van der Waals surface area contributed by atoms with Crippen molar-refractivity contribution in [1.82, 2.24) is 5.01 Å². The molecule has 0 unspecified atom stereocenters. The van der Waals surface area contributed by atoms with Crippen molar-refractivity contribution in [3.05, 3.63) is 24.4 Å². The lowest BCUT2D eigenvalue weighted by molar-refractivity contribution is 0.123. The van der Waals surface area contributed by atoms with Crippen LogP contribution in [0.1, 0.15) is 13.8 Å². The fourth-order valence-corrected chi connectivity index (χ4v) is 0.854. The molecule has 1 aliphatic heterocycles. The second-order valence-corrected chi connectivity index (χ2v) is 2.49. The van der Waals surface area contributed by atoms with Crippen LogP contribution in [0.2, 0.25) is 0 Å². The molecule has 4 nitrogen and oxygen atoms in total. The number of nitrogens with zero attached hydrogens (tertiary/aromatic N) is 2. The molecule has 1 rings (SSSR count). The molecule has 13 heavy (non-hydrogen) atoms. The smallest absolute Gasteiger partial charge is 0.434 e. The van der Waals surface area contributed by atoms with Crippen molar-refractivity contribution in [3.8, 4) is 0 Å². The molecule has 0 aliphatic carbocycles. The average Bonchev–Trinajstić information content (AvgIpc) is 2.30. The van der Waals surface area contributed by atoms with Crippen LogP contribution in [-0.2, 0) is 4.74 Å². The molecule has 0 radical (unpaired) electrons. The molecular formula is C9H12N2O2. The van der Waals surface area contributed by atoms with Crippen LogP contribution in [0.4, 0.5) is 4.79 Å². The summed E-state index contributed by atoms with van der Waals surface area (Å²) in [5.74, 6) is 0. The van der Waals surface area contributed by atoms with E-state index in [0.29, 0.717) is 6.61 Å². The van der Waals surface area contributed by atoms with Gasteiger partial charge in [-0.1, -0.05) is 6.08 Å². The van der Waals surface area contributed by atoms with E-state index in [9.17, 15) is 4.79 Å². The first-order valence-electron chi connectivity index (χ1n) is 4.10. The lowest BCUT2D eigenvalue weighted by Crippen LogP contribution is -2.21. The van der Waals surface area contributed by atoms with Crippen molar-refractivity contribution in [2.24, 2.45) is 5.10 Å². The largest absolute Gasteiger partial charge is 0.448 e. The highest BCUT2D eigenvalue weighted by Crippen LogP contribution is 2.01. The summed E-state index contributed by atoms with van der Waals surface area (Å²) in [5, 5.41) is 5.18. The van der Waals surface area contributed by atoms with Crippen LogP contribution >= 0.6 is 0 Å². The molecule has 70 valence electrons. The van der Waals surface area contributed by atoms with Gasteiger partial charge in [-0.3, -0.25) is 0 Å². The van der Waals surface area contributed by atoms with Crippen LogP contribution in [0.15, 0.2) is 29.5 Å². The molecule has 0 saturated carbocycles. The first-order valence-corrected chi connectivity index (χ1v) is 4.10. The summed E-state index contributed by atoms with van der Waals surface area (Å²) in [6, 6.07) is 0. The third-order valence-corrected chi connectivity index (χ3v) is 1.40. The number of hydrogen-bond acceptors (Lipinski definition) is 3. The van der Waals surface area contributed by atoms with Crippen LogP contribution in [0.25, 0.3) is 0 Å². The lowest BCUT2D eigenvalue weighted by Gasteiger charge is -2.10. The molecule has 1 aliphatic rings. The van der Waals surface area contributed by atoms with Gasteiger partial charge >= 0.3 is 6.09 Å². The van der Waals surface area contributed by atoms with E-state index in [1.165, 1.54) is 5.01 Å². The summed E-state index contributed by atoms with van der Waals surface area (Å²) >= 11 is 0. The molecule has 0 fully saturated rings. The first kappa shape index (κ1) is 9.51. The van der Waals surface area contributed by atoms with E-state index in [1.54, 1.807) is 19.2 Å². The Morgan fingerprint density at radius 2 is 2.38 bits per heavy atom. The number of amides is 1. The summed E-state index contributed by atoms with van der Waals surface area (Å²) in [6.45, 7) is 3.93. The third kappa shape index (κ3) is 2.74. The zero-order valence-electron chi connectivity index (χ0n) is 7.73. The second kappa shape index (κ2) is 4.45. The number of hydrazone groups is 1. The van der Waals surface area contributed by atoms with Crippen molar-refractivity contribution >= 4 is 11.8 Å². The highest BCUT2D eigenvalue weighted by atomic mass is 16.6. The van der Waals surface area contributed by atoms with Gasteiger partial charge in [-0.15, -0.1) is 0 Å². The van der Waals surface area contributed by atoms with Crippen LogP contribution in [-0.4, -0.2) is 23.4 Å². The summed E-state index contributed by atoms with van der Waals surface area (Å²) in [4.78, 5) is 11.2. The van der Waals surface area contributed by atoms with Gasteiger partial charge in [0, 0.05) is 6.20 Å². The number of hydrogen-bond donors (Lipinski definition) is 0. The van der Waals surface area contributed by atoms with E-state index >= 15 is 0 Å². The van der Waals surface area contributed by atoms with Crippen LogP contribution in [0, 0.1) is 0 Å². The summed E-state index contributed by atoms with van der Waals surface area (Å²) in [5.41, 5.74) is 0.762. The standard InChI is InChI=1S/C9H12N2O2/c1-3-13-9(12)11-7-5-4-6-8(2)10-11/h4-7H,3H2,1-2H3. The van der Waals surface area contributed by atoms with Gasteiger partial charge in [-0.25, -0.2) is 4.79 Å². The molecule has 1 amide bonds. The Morgan fingerprint density at radius 3 is 3.08 bits per heavy atom. The molecule has 0 aromatic heterocycles. The van der Waals surface area contributed by atoms with Gasteiger partial charge in [0.2, 0.25) is 0 Å². The zero-order valence-corrected chi connectivity index (χ0v) is 7.73. The molecule has 0 saturated heterocycles. The van der Waals surface area contributed by atoms with Gasteiger partial charge < -0.3 is 4.74 Å². The van der Waals surface area contributed by atoms with Crippen molar-refractivity contribution in [2.45, 2.75) is 13.8 Å². The molecule has 0 aromatic rings. The Bertz CT molecular complexity index is 279. The molecule has 1 heterocycles. The molecule has 0 aromatic carbocycles. The molecule has 0 bridgehead atoms. The van der Waals surface area contributed by atoms with Gasteiger partial charge in [0.1, 0.15) is 0 Å². The number of carbonyl (C=O) groups excluding carboxylic acids is 1. The first-order chi connectivity index (χ1) is 6.24. The Morgan fingerprint density at radius 1 is 1.62 bits per heavy atom. The van der Waals surface area contributed by atoms with E-state index < -0.39 is 6.09 Å². The minimum absolute atomic E-state index is 0.352. The second-order valence-electron chi connectivity index (χ2n) is 2.49. The van der Waals surface area contributed by atoms with Crippen molar-refractivity contribution in [2.75, 3.05) is 6.61 Å². The zero-order chi connectivity index (χ0) is 9.68. The van der Waals surface area contributed by atoms with E-state index in [2.05, 4.69) is 5.10 Å². The molecular weight excluding hydrogens is 168 g/mol. The predicted octanol–water partition coefficient (Wildman–Crippen LogP) is 1.90. The molecule has 0 spiro atoms. The van der Waals surface area contributed by atoms with Gasteiger partial charge in [0.05, 0.1) is 12.3 Å². The highest BCUT2D eigenvalue weighted by molar-refractivity contribution is 5.94. The highest BCUT2D eigenvalue weighted by Gasteiger charge is 2.10. The summed E-state index contributed by atoms with van der Waals surface area (Å²) in [7, 11) is 0. The summed E-state index contributed by atoms with van der Waals surface area (Å²) in [6.07, 6.45) is 6.47. The molecule has 0 atom stereocenters. The van der Waals surface area contributed by atoms with Crippen LogP contribution in [0.3, 0.4) is 0 Å². The minimum Gasteiger partial charge on any atom is -0.448 e. The van der Waals surface area contributed by atoms with Crippen molar-refractivity contribution in [1.29, 1.82) is 0 Å². The fraction of sp³-hybridized carbons (Fsp3) is 0.333. The average molecular weight is 180 g/mol. The van der Waals surface area contributed by atoms with Gasteiger partial charge in [-0.2, -0.15) is 10.1 Å². The van der Waals surface area contributed by atoms with Gasteiger partial charge in [0.25, 0.3) is 0 Å². The SMILES string of the molecule is CCOC(=O)N1C=CC=CC(C)=N1. The Hall–Kier alpha value is -1.58. The van der Waals surface area contributed by atoms with Crippen LogP contribution < -0.4 is 0 Å². The maximum Gasteiger partial charge on any atom is 0.434 e. The van der Waals surface area contributed by atoms with Gasteiger partial charge in [0.15, 0.2) is 0 Å². The number of allylic oxidation sites excluding steroid dienone is 3. The monoisotopic (exact) mass is 180 g/mol. The normalized spacial score (nSPS) is 15.2. The lowest BCUT2D eigenvalue weighted by atomic mass is 10.4. The fourth-order valence-electron chi connectivity index (χ4n) is 0.854. The number of rotatable bonds is 1. The van der Waals surface area contributed by atoms with E-state index in [0.717, 1.165) is 5.71 Å². The topological polar surface area (TPSA) is 41.9 Å².